The number of carbonyl (C=O) groups is 2. The van der Waals surface area contributed by atoms with Gasteiger partial charge in [0.05, 0.1) is 17.0 Å². The Morgan fingerprint density at radius 1 is 1.38 bits per heavy atom. The minimum atomic E-state index is -0.288. The number of imidazole rings is 1. The number of carbonyl (C=O) groups excluding carboxylic acids is 2. The van der Waals surface area contributed by atoms with Crippen molar-refractivity contribution in [2.75, 3.05) is 18.4 Å². The molecule has 0 saturated carbocycles. The third-order valence-corrected chi connectivity index (χ3v) is 4.63. The molecular formula is C20H28N4O2. The maximum absolute atomic E-state index is 12.6. The molecule has 26 heavy (non-hydrogen) atoms. The van der Waals surface area contributed by atoms with E-state index in [1.165, 1.54) is 0 Å². The summed E-state index contributed by atoms with van der Waals surface area (Å²) in [6.45, 7) is 11.7. The van der Waals surface area contributed by atoms with Gasteiger partial charge in [-0.25, -0.2) is 4.98 Å². The van der Waals surface area contributed by atoms with Gasteiger partial charge in [0.25, 0.3) is 0 Å². The number of H-pyrrole nitrogens is 1. The summed E-state index contributed by atoms with van der Waals surface area (Å²) in [6, 6.07) is 5.66. The van der Waals surface area contributed by atoms with E-state index in [1.54, 1.807) is 4.90 Å². The Bertz CT molecular complexity index is 832. The van der Waals surface area contributed by atoms with Crippen LogP contribution in [-0.4, -0.2) is 39.8 Å². The van der Waals surface area contributed by atoms with Crippen LogP contribution in [0.3, 0.4) is 0 Å². The van der Waals surface area contributed by atoms with Gasteiger partial charge in [0, 0.05) is 30.6 Å². The van der Waals surface area contributed by atoms with E-state index in [-0.39, 0.29) is 23.1 Å². The summed E-state index contributed by atoms with van der Waals surface area (Å²) in [7, 11) is 0. The fraction of sp³-hybridized carbons (Fsp3) is 0.550. The molecule has 1 fully saturated rings. The number of aromatic amines is 1. The molecule has 1 aromatic carbocycles. The topological polar surface area (TPSA) is 78.1 Å². The van der Waals surface area contributed by atoms with E-state index in [0.29, 0.717) is 25.4 Å². The summed E-state index contributed by atoms with van der Waals surface area (Å²) in [5, 5.41) is 2.95. The Kier molecular flexibility index (Phi) is 4.78. The smallest absolute Gasteiger partial charge is 0.229 e. The van der Waals surface area contributed by atoms with Gasteiger partial charge in [-0.3, -0.25) is 9.59 Å². The van der Waals surface area contributed by atoms with Crippen LogP contribution in [0, 0.1) is 11.8 Å². The lowest BCUT2D eigenvalue weighted by Gasteiger charge is -2.18. The molecule has 1 aliphatic heterocycles. The molecule has 0 aliphatic carbocycles. The first-order valence-electron chi connectivity index (χ1n) is 9.22. The number of hydrogen-bond acceptors (Lipinski definition) is 3. The highest BCUT2D eigenvalue weighted by atomic mass is 16.2. The van der Waals surface area contributed by atoms with Crippen LogP contribution in [0.15, 0.2) is 18.2 Å². The second-order valence-corrected chi connectivity index (χ2v) is 8.65. The number of nitrogens with zero attached hydrogens (tertiary/aromatic N) is 2. The normalized spacial score (nSPS) is 18.2. The molecule has 1 aromatic heterocycles. The first-order valence-corrected chi connectivity index (χ1v) is 9.22. The standard InChI is InChI=1S/C20H28N4O2/c1-12(2)10-24-11-13(8-17(24)25)18(26)21-14-6-7-15-16(9-14)23-19(22-15)20(3,4)5/h6-7,9,12-13H,8,10-11H2,1-5H3,(H,21,26)(H,22,23)/t13-/m0/s1. The van der Waals surface area contributed by atoms with Crippen LogP contribution >= 0.6 is 0 Å². The van der Waals surface area contributed by atoms with Crippen molar-refractivity contribution in [3.63, 3.8) is 0 Å². The quantitative estimate of drug-likeness (QED) is 0.882. The predicted octanol–water partition coefficient (Wildman–Crippen LogP) is 3.30. The lowest BCUT2D eigenvalue weighted by Crippen LogP contribution is -2.31. The average molecular weight is 356 g/mol. The Hall–Kier alpha value is -2.37. The lowest BCUT2D eigenvalue weighted by atomic mass is 9.96. The number of anilines is 1. The second kappa shape index (κ2) is 6.74. The van der Waals surface area contributed by atoms with Crippen molar-refractivity contribution in [1.29, 1.82) is 0 Å². The highest BCUT2D eigenvalue weighted by Gasteiger charge is 2.34. The third kappa shape index (κ3) is 3.89. The molecule has 140 valence electrons. The molecule has 2 N–H and O–H groups in total. The van der Waals surface area contributed by atoms with E-state index in [2.05, 4.69) is 49.9 Å². The Morgan fingerprint density at radius 3 is 2.77 bits per heavy atom. The van der Waals surface area contributed by atoms with Crippen molar-refractivity contribution in [2.24, 2.45) is 11.8 Å². The van der Waals surface area contributed by atoms with Crippen LogP contribution in [-0.2, 0) is 15.0 Å². The Balaban J connectivity index is 1.70. The fourth-order valence-electron chi connectivity index (χ4n) is 3.25. The number of fused-ring (bicyclic) bond motifs is 1. The van der Waals surface area contributed by atoms with Gasteiger partial charge in [-0.1, -0.05) is 34.6 Å². The number of benzene rings is 1. The van der Waals surface area contributed by atoms with E-state index in [1.807, 2.05) is 18.2 Å². The van der Waals surface area contributed by atoms with Crippen LogP contribution in [0.1, 0.15) is 46.9 Å². The predicted molar refractivity (Wildman–Crippen MR) is 103 cm³/mol. The van der Waals surface area contributed by atoms with E-state index in [9.17, 15) is 9.59 Å². The number of likely N-dealkylation sites (tertiary alicyclic amines) is 1. The molecule has 0 spiro atoms. The monoisotopic (exact) mass is 356 g/mol. The highest BCUT2D eigenvalue weighted by Crippen LogP contribution is 2.25. The zero-order valence-electron chi connectivity index (χ0n) is 16.2. The van der Waals surface area contributed by atoms with Gasteiger partial charge in [0.15, 0.2) is 0 Å². The van der Waals surface area contributed by atoms with Crippen LogP contribution in [0.25, 0.3) is 11.0 Å². The van der Waals surface area contributed by atoms with E-state index in [0.717, 1.165) is 22.5 Å². The third-order valence-electron chi connectivity index (χ3n) is 4.63. The zero-order chi connectivity index (χ0) is 19.1. The van der Waals surface area contributed by atoms with Crippen LogP contribution in [0.5, 0.6) is 0 Å². The summed E-state index contributed by atoms with van der Waals surface area (Å²) < 4.78 is 0. The molecule has 0 radical (unpaired) electrons. The lowest BCUT2D eigenvalue weighted by molar-refractivity contribution is -0.128. The minimum Gasteiger partial charge on any atom is -0.342 e. The summed E-state index contributed by atoms with van der Waals surface area (Å²) in [5.74, 6) is 1.00. The average Bonchev–Trinajstić information content (AvgIpc) is 3.10. The van der Waals surface area contributed by atoms with E-state index in [4.69, 9.17) is 0 Å². The molecular weight excluding hydrogens is 328 g/mol. The van der Waals surface area contributed by atoms with Crippen molar-refractivity contribution < 1.29 is 9.59 Å². The van der Waals surface area contributed by atoms with Gasteiger partial charge in [-0.05, 0) is 24.1 Å². The summed E-state index contributed by atoms with van der Waals surface area (Å²) in [5.41, 5.74) is 2.44. The Labute approximate surface area is 154 Å². The van der Waals surface area contributed by atoms with E-state index < -0.39 is 0 Å². The molecule has 2 amide bonds. The molecule has 1 aliphatic rings. The molecule has 2 heterocycles. The maximum Gasteiger partial charge on any atom is 0.229 e. The first-order chi connectivity index (χ1) is 12.1. The number of rotatable bonds is 4. The van der Waals surface area contributed by atoms with Crippen molar-refractivity contribution >= 4 is 28.5 Å². The van der Waals surface area contributed by atoms with Crippen molar-refractivity contribution in [2.45, 2.75) is 46.5 Å². The molecule has 1 saturated heterocycles. The van der Waals surface area contributed by atoms with E-state index >= 15 is 0 Å². The maximum atomic E-state index is 12.6. The minimum absolute atomic E-state index is 0.0630. The first kappa shape index (κ1) is 18.4. The molecule has 1 atom stereocenters. The summed E-state index contributed by atoms with van der Waals surface area (Å²) in [4.78, 5) is 34.4. The zero-order valence-corrected chi connectivity index (χ0v) is 16.2. The van der Waals surface area contributed by atoms with Crippen molar-refractivity contribution in [3.05, 3.63) is 24.0 Å². The largest absolute Gasteiger partial charge is 0.342 e. The van der Waals surface area contributed by atoms with Gasteiger partial charge < -0.3 is 15.2 Å². The number of nitrogens with one attached hydrogen (secondary N) is 2. The molecule has 0 bridgehead atoms. The van der Waals surface area contributed by atoms with Gasteiger partial charge >= 0.3 is 0 Å². The van der Waals surface area contributed by atoms with Crippen molar-refractivity contribution in [3.8, 4) is 0 Å². The summed E-state index contributed by atoms with van der Waals surface area (Å²) >= 11 is 0. The van der Waals surface area contributed by atoms with Gasteiger partial charge in [-0.2, -0.15) is 0 Å². The fourth-order valence-corrected chi connectivity index (χ4v) is 3.25. The number of hydrogen-bond donors (Lipinski definition) is 2. The highest BCUT2D eigenvalue weighted by molar-refractivity contribution is 5.98. The number of aromatic nitrogens is 2. The van der Waals surface area contributed by atoms with Gasteiger partial charge in [0.2, 0.25) is 11.8 Å². The number of amides is 2. The molecule has 6 nitrogen and oxygen atoms in total. The van der Waals surface area contributed by atoms with Crippen molar-refractivity contribution in [1.82, 2.24) is 14.9 Å². The van der Waals surface area contributed by atoms with Crippen LogP contribution in [0.2, 0.25) is 0 Å². The Morgan fingerprint density at radius 2 is 2.12 bits per heavy atom. The van der Waals surface area contributed by atoms with Crippen LogP contribution in [0.4, 0.5) is 5.69 Å². The van der Waals surface area contributed by atoms with Gasteiger partial charge in [-0.15, -0.1) is 0 Å². The molecule has 3 rings (SSSR count). The second-order valence-electron chi connectivity index (χ2n) is 8.65. The van der Waals surface area contributed by atoms with Gasteiger partial charge in [0.1, 0.15) is 5.82 Å². The van der Waals surface area contributed by atoms with Crippen LogP contribution < -0.4 is 5.32 Å². The molecule has 6 heteroatoms. The molecule has 2 aromatic rings. The SMILES string of the molecule is CC(C)CN1C[C@@H](C(=O)Nc2ccc3nc(C(C)(C)C)[nH]c3c2)CC1=O. The molecule has 0 unspecified atom stereocenters. The summed E-state index contributed by atoms with van der Waals surface area (Å²) in [6.07, 6.45) is 0.291.